The standard InChI is InChI=1S/C29H18N4/c1-3-9-26-21(6-1)29(28-18-31-25-7-2-4-10-27(25)33(26)28)20-13-11-19(12-14-20)22-15-16-23-24(32-22)8-5-17-30-23/h1-18H. The van der Waals surface area contributed by atoms with Crippen LogP contribution in [0.4, 0.5) is 0 Å². The maximum Gasteiger partial charge on any atom is 0.0894 e. The molecule has 0 saturated heterocycles. The Kier molecular flexibility index (Phi) is 3.81. The van der Waals surface area contributed by atoms with E-state index in [0.29, 0.717) is 0 Å². The van der Waals surface area contributed by atoms with Crippen LogP contribution in [0.1, 0.15) is 0 Å². The van der Waals surface area contributed by atoms with Crippen LogP contribution in [0.5, 0.6) is 0 Å². The molecule has 7 aromatic rings. The lowest BCUT2D eigenvalue weighted by Gasteiger charge is -2.06. The Morgan fingerprint density at radius 3 is 2.18 bits per heavy atom. The van der Waals surface area contributed by atoms with Crippen molar-refractivity contribution in [1.82, 2.24) is 19.4 Å². The van der Waals surface area contributed by atoms with E-state index in [0.717, 1.165) is 44.4 Å². The van der Waals surface area contributed by atoms with Crippen molar-refractivity contribution in [3.63, 3.8) is 0 Å². The Morgan fingerprint density at radius 1 is 0.515 bits per heavy atom. The molecule has 0 aliphatic rings. The third-order valence-corrected chi connectivity index (χ3v) is 6.29. The van der Waals surface area contributed by atoms with Crippen LogP contribution in [0.25, 0.3) is 60.9 Å². The lowest BCUT2D eigenvalue weighted by molar-refractivity contribution is 1.27. The van der Waals surface area contributed by atoms with E-state index in [1.165, 1.54) is 16.5 Å². The van der Waals surface area contributed by atoms with Crippen LogP contribution in [-0.2, 0) is 0 Å². The van der Waals surface area contributed by atoms with Crippen molar-refractivity contribution in [2.75, 3.05) is 0 Å². The first-order valence-corrected chi connectivity index (χ1v) is 11.0. The minimum Gasteiger partial charge on any atom is -0.306 e. The zero-order valence-corrected chi connectivity index (χ0v) is 17.7. The summed E-state index contributed by atoms with van der Waals surface area (Å²) in [6.07, 6.45) is 3.78. The van der Waals surface area contributed by atoms with Gasteiger partial charge in [0, 0.05) is 22.7 Å². The average Bonchev–Trinajstić information content (AvgIpc) is 3.23. The molecule has 0 saturated carbocycles. The molecule has 4 heterocycles. The van der Waals surface area contributed by atoms with E-state index < -0.39 is 0 Å². The first-order chi connectivity index (χ1) is 16.4. The molecule has 0 unspecified atom stereocenters. The Balaban J connectivity index is 1.43. The number of nitrogens with zero attached hydrogens (tertiary/aromatic N) is 4. The van der Waals surface area contributed by atoms with E-state index in [-0.39, 0.29) is 0 Å². The third kappa shape index (κ3) is 2.74. The largest absolute Gasteiger partial charge is 0.306 e. The minimum atomic E-state index is 0.904. The highest BCUT2D eigenvalue weighted by molar-refractivity contribution is 6.07. The van der Waals surface area contributed by atoms with Gasteiger partial charge in [0.1, 0.15) is 0 Å². The molecular weight excluding hydrogens is 404 g/mol. The van der Waals surface area contributed by atoms with Gasteiger partial charge in [0.2, 0.25) is 0 Å². The number of para-hydroxylation sites is 3. The van der Waals surface area contributed by atoms with E-state index in [1.807, 2.05) is 36.5 Å². The predicted molar refractivity (Wildman–Crippen MR) is 134 cm³/mol. The molecule has 0 N–H and O–H groups in total. The summed E-state index contributed by atoms with van der Waals surface area (Å²) >= 11 is 0. The van der Waals surface area contributed by atoms with Crippen LogP contribution < -0.4 is 0 Å². The van der Waals surface area contributed by atoms with Crippen molar-refractivity contribution in [3.05, 3.63) is 109 Å². The Labute approximate surface area is 189 Å². The van der Waals surface area contributed by atoms with E-state index in [4.69, 9.17) is 9.97 Å². The summed E-state index contributed by atoms with van der Waals surface area (Å²) in [5.41, 5.74) is 10.6. The summed E-state index contributed by atoms with van der Waals surface area (Å²) in [5, 5.41) is 1.22. The molecule has 0 amide bonds. The van der Waals surface area contributed by atoms with Crippen molar-refractivity contribution < 1.29 is 0 Å². The van der Waals surface area contributed by atoms with Crippen LogP contribution in [0, 0.1) is 0 Å². The van der Waals surface area contributed by atoms with Gasteiger partial charge in [-0.2, -0.15) is 0 Å². The molecule has 0 aliphatic heterocycles. The average molecular weight is 422 g/mol. The Morgan fingerprint density at radius 2 is 1.27 bits per heavy atom. The van der Waals surface area contributed by atoms with Crippen molar-refractivity contribution in [2.24, 2.45) is 0 Å². The van der Waals surface area contributed by atoms with Crippen LogP contribution in [-0.4, -0.2) is 19.4 Å². The number of pyridine rings is 2. The summed E-state index contributed by atoms with van der Waals surface area (Å²) in [7, 11) is 0. The highest BCUT2D eigenvalue weighted by Crippen LogP contribution is 2.37. The SMILES string of the molecule is c1cnc2ccc(-c3ccc(-c4c5ccccc5n5c4cnc4ccccc45)cc3)nc2c1. The Hall–Kier alpha value is -4.57. The number of fused-ring (bicyclic) bond motifs is 6. The zero-order valence-electron chi connectivity index (χ0n) is 17.7. The molecule has 154 valence electrons. The van der Waals surface area contributed by atoms with Gasteiger partial charge in [-0.25, -0.2) is 4.98 Å². The minimum absolute atomic E-state index is 0.904. The third-order valence-electron chi connectivity index (χ3n) is 6.29. The van der Waals surface area contributed by atoms with Crippen molar-refractivity contribution in [1.29, 1.82) is 0 Å². The molecule has 0 fully saturated rings. The number of hydrogen-bond donors (Lipinski definition) is 0. The van der Waals surface area contributed by atoms with Crippen LogP contribution in [0.15, 0.2) is 109 Å². The molecule has 33 heavy (non-hydrogen) atoms. The zero-order chi connectivity index (χ0) is 21.8. The maximum atomic E-state index is 4.80. The van der Waals surface area contributed by atoms with E-state index in [1.54, 1.807) is 6.20 Å². The maximum absolute atomic E-state index is 4.80. The molecule has 3 aromatic carbocycles. The fourth-order valence-electron chi connectivity index (χ4n) is 4.76. The van der Waals surface area contributed by atoms with Crippen molar-refractivity contribution >= 4 is 38.5 Å². The van der Waals surface area contributed by atoms with Crippen LogP contribution in [0.3, 0.4) is 0 Å². The highest BCUT2D eigenvalue weighted by atomic mass is 14.9. The number of benzene rings is 3. The van der Waals surface area contributed by atoms with E-state index >= 15 is 0 Å². The molecule has 0 atom stereocenters. The normalized spacial score (nSPS) is 11.6. The second kappa shape index (κ2) is 6.97. The molecule has 0 spiro atoms. The molecule has 0 radical (unpaired) electrons. The lowest BCUT2D eigenvalue weighted by Crippen LogP contribution is -1.90. The van der Waals surface area contributed by atoms with Gasteiger partial charge in [0.25, 0.3) is 0 Å². The topological polar surface area (TPSA) is 43.1 Å². The van der Waals surface area contributed by atoms with Gasteiger partial charge in [-0.15, -0.1) is 0 Å². The molecule has 0 bridgehead atoms. The number of aromatic nitrogens is 4. The summed E-state index contributed by atoms with van der Waals surface area (Å²) in [6.45, 7) is 0. The van der Waals surface area contributed by atoms with Gasteiger partial charge >= 0.3 is 0 Å². The van der Waals surface area contributed by atoms with Crippen LogP contribution in [0.2, 0.25) is 0 Å². The van der Waals surface area contributed by atoms with Gasteiger partial charge < -0.3 is 4.40 Å². The fraction of sp³-hybridized carbons (Fsp3) is 0. The Bertz CT molecular complexity index is 1810. The summed E-state index contributed by atoms with van der Waals surface area (Å²) in [5.74, 6) is 0. The summed E-state index contributed by atoms with van der Waals surface area (Å²) in [4.78, 5) is 13.9. The first-order valence-electron chi connectivity index (χ1n) is 11.0. The quantitative estimate of drug-likeness (QED) is 0.304. The van der Waals surface area contributed by atoms with Gasteiger partial charge in [-0.3, -0.25) is 9.97 Å². The van der Waals surface area contributed by atoms with E-state index in [2.05, 4.69) is 76.1 Å². The molecular formula is C29H18N4. The number of rotatable bonds is 2. The number of hydrogen-bond acceptors (Lipinski definition) is 3. The highest BCUT2D eigenvalue weighted by Gasteiger charge is 2.16. The van der Waals surface area contributed by atoms with E-state index in [9.17, 15) is 0 Å². The van der Waals surface area contributed by atoms with Gasteiger partial charge in [-0.1, -0.05) is 54.6 Å². The fourth-order valence-corrected chi connectivity index (χ4v) is 4.76. The monoisotopic (exact) mass is 422 g/mol. The molecule has 4 aromatic heterocycles. The second-order valence-corrected chi connectivity index (χ2v) is 8.18. The lowest BCUT2D eigenvalue weighted by atomic mass is 10.0. The van der Waals surface area contributed by atoms with Crippen molar-refractivity contribution in [3.8, 4) is 22.4 Å². The first kappa shape index (κ1) is 18.0. The second-order valence-electron chi connectivity index (χ2n) is 8.18. The summed E-state index contributed by atoms with van der Waals surface area (Å²) < 4.78 is 2.32. The molecule has 4 nitrogen and oxygen atoms in total. The smallest absolute Gasteiger partial charge is 0.0894 e. The molecule has 4 heteroatoms. The van der Waals surface area contributed by atoms with Gasteiger partial charge in [0.05, 0.1) is 45.0 Å². The van der Waals surface area contributed by atoms with Gasteiger partial charge in [-0.05, 0) is 48.0 Å². The van der Waals surface area contributed by atoms with Crippen molar-refractivity contribution in [2.45, 2.75) is 0 Å². The predicted octanol–water partition coefficient (Wildman–Crippen LogP) is 6.92. The molecule has 0 aliphatic carbocycles. The summed E-state index contributed by atoms with van der Waals surface area (Å²) in [6, 6.07) is 33.5. The van der Waals surface area contributed by atoms with Crippen LogP contribution >= 0.6 is 0 Å². The van der Waals surface area contributed by atoms with Gasteiger partial charge in [0.15, 0.2) is 0 Å². The molecule has 7 rings (SSSR count).